The van der Waals surface area contributed by atoms with Gasteiger partial charge in [-0.1, -0.05) is 32.9 Å². The first kappa shape index (κ1) is 15.8. The maximum Gasteiger partial charge on any atom is 0.122 e. The molecule has 1 aromatic carbocycles. The smallest absolute Gasteiger partial charge is 0.122 e. The second kappa shape index (κ2) is 6.04. The van der Waals surface area contributed by atoms with Crippen LogP contribution in [0.4, 0.5) is 0 Å². The van der Waals surface area contributed by atoms with E-state index in [2.05, 4.69) is 52.2 Å². The van der Waals surface area contributed by atoms with Crippen LogP contribution in [-0.4, -0.2) is 0 Å². The van der Waals surface area contributed by atoms with Gasteiger partial charge in [0.15, 0.2) is 0 Å². The number of nitrogens with one attached hydrogen (secondary N) is 1. The summed E-state index contributed by atoms with van der Waals surface area (Å²) >= 11 is 0. The minimum Gasteiger partial charge on any atom is -0.468 e. The van der Waals surface area contributed by atoms with Crippen molar-refractivity contribution >= 4 is 0 Å². The lowest BCUT2D eigenvalue weighted by Gasteiger charge is -2.23. The van der Waals surface area contributed by atoms with E-state index in [1.165, 1.54) is 22.3 Å². The first-order valence-corrected chi connectivity index (χ1v) is 7.43. The van der Waals surface area contributed by atoms with Gasteiger partial charge in [0, 0.05) is 0 Å². The molecule has 0 amide bonds. The van der Waals surface area contributed by atoms with Crippen LogP contribution in [-0.2, 0) is 11.8 Å². The number of rotatable bonds is 4. The molecule has 3 N–H and O–H groups in total. The molecule has 2 rings (SSSR count). The molecule has 0 radical (unpaired) electrons. The van der Waals surface area contributed by atoms with Crippen molar-refractivity contribution in [3.05, 3.63) is 58.5 Å². The summed E-state index contributed by atoms with van der Waals surface area (Å²) in [4.78, 5) is 0. The number of furan rings is 1. The lowest BCUT2D eigenvalue weighted by Crippen LogP contribution is -2.29. The third kappa shape index (κ3) is 3.55. The molecule has 0 spiro atoms. The molecule has 0 fully saturated rings. The fourth-order valence-corrected chi connectivity index (χ4v) is 2.68. The third-order valence-corrected chi connectivity index (χ3v) is 4.06. The van der Waals surface area contributed by atoms with Crippen molar-refractivity contribution in [2.24, 2.45) is 5.84 Å². The Labute approximate surface area is 127 Å². The SMILES string of the molecule is Cc1cc(C(C)(C)C)cc(C)c1CC(NN)c1ccco1. The summed E-state index contributed by atoms with van der Waals surface area (Å²) in [7, 11) is 0. The van der Waals surface area contributed by atoms with E-state index in [1.54, 1.807) is 6.26 Å². The van der Waals surface area contributed by atoms with E-state index in [4.69, 9.17) is 10.3 Å². The van der Waals surface area contributed by atoms with Crippen LogP contribution >= 0.6 is 0 Å². The number of hydrazine groups is 1. The lowest BCUT2D eigenvalue weighted by molar-refractivity contribution is 0.415. The topological polar surface area (TPSA) is 51.2 Å². The highest BCUT2D eigenvalue weighted by Crippen LogP contribution is 2.29. The van der Waals surface area contributed by atoms with Crippen molar-refractivity contribution < 1.29 is 4.42 Å². The van der Waals surface area contributed by atoms with Gasteiger partial charge >= 0.3 is 0 Å². The number of hydrogen-bond donors (Lipinski definition) is 2. The number of hydrogen-bond acceptors (Lipinski definition) is 3. The van der Waals surface area contributed by atoms with Crippen LogP contribution < -0.4 is 11.3 Å². The molecule has 114 valence electrons. The minimum atomic E-state index is -0.00196. The summed E-state index contributed by atoms with van der Waals surface area (Å²) in [5, 5.41) is 0. The zero-order valence-corrected chi connectivity index (χ0v) is 13.7. The number of benzene rings is 1. The van der Waals surface area contributed by atoms with Gasteiger partial charge < -0.3 is 4.42 Å². The minimum absolute atomic E-state index is 0.00196. The summed E-state index contributed by atoms with van der Waals surface area (Å²) < 4.78 is 5.47. The summed E-state index contributed by atoms with van der Waals surface area (Å²) in [5.41, 5.74) is 8.36. The van der Waals surface area contributed by atoms with Gasteiger partial charge in [-0.15, -0.1) is 0 Å². The highest BCUT2D eigenvalue weighted by Gasteiger charge is 2.19. The Morgan fingerprint density at radius 2 is 1.81 bits per heavy atom. The average molecular weight is 286 g/mol. The summed E-state index contributed by atoms with van der Waals surface area (Å²) in [6, 6.07) is 8.43. The van der Waals surface area contributed by atoms with Crippen LogP contribution in [0.15, 0.2) is 34.9 Å². The normalized spacial score (nSPS) is 13.4. The first-order valence-electron chi connectivity index (χ1n) is 7.43. The van der Waals surface area contributed by atoms with Gasteiger partial charge in [0.05, 0.1) is 12.3 Å². The fourth-order valence-electron chi connectivity index (χ4n) is 2.68. The van der Waals surface area contributed by atoms with Gasteiger partial charge in [-0.3, -0.25) is 5.84 Å². The Bertz CT molecular complexity index is 571. The van der Waals surface area contributed by atoms with Crippen molar-refractivity contribution in [3.8, 4) is 0 Å². The fraction of sp³-hybridized carbons (Fsp3) is 0.444. The molecule has 0 aliphatic carbocycles. The van der Waals surface area contributed by atoms with Crippen LogP contribution in [0.1, 0.15) is 54.8 Å². The number of nitrogens with two attached hydrogens (primary N) is 1. The predicted molar refractivity (Wildman–Crippen MR) is 87.1 cm³/mol. The summed E-state index contributed by atoms with van der Waals surface area (Å²) in [6.07, 6.45) is 2.51. The predicted octanol–water partition coefficient (Wildman–Crippen LogP) is 3.94. The van der Waals surface area contributed by atoms with Crippen molar-refractivity contribution in [3.63, 3.8) is 0 Å². The maximum atomic E-state index is 5.70. The largest absolute Gasteiger partial charge is 0.468 e. The molecule has 1 aromatic heterocycles. The van der Waals surface area contributed by atoms with E-state index in [0.717, 1.165) is 12.2 Å². The van der Waals surface area contributed by atoms with Gasteiger partial charge in [0.2, 0.25) is 0 Å². The molecular weight excluding hydrogens is 260 g/mol. The van der Waals surface area contributed by atoms with Gasteiger partial charge in [0.1, 0.15) is 5.76 Å². The van der Waals surface area contributed by atoms with E-state index in [1.807, 2.05) is 12.1 Å². The molecule has 0 bridgehead atoms. The van der Waals surface area contributed by atoms with Crippen molar-refractivity contribution in [2.45, 2.75) is 52.5 Å². The maximum absolute atomic E-state index is 5.70. The standard InChI is InChI=1S/C18H26N2O/c1-12-9-14(18(3,4)5)10-13(2)15(12)11-16(20-19)17-7-6-8-21-17/h6-10,16,20H,11,19H2,1-5H3. The van der Waals surface area contributed by atoms with Gasteiger partial charge in [-0.25, -0.2) is 5.43 Å². The molecule has 1 unspecified atom stereocenters. The second-order valence-electron chi connectivity index (χ2n) is 6.78. The molecule has 21 heavy (non-hydrogen) atoms. The Kier molecular flexibility index (Phi) is 4.55. The zero-order valence-electron chi connectivity index (χ0n) is 13.7. The molecule has 3 heteroatoms. The molecule has 1 heterocycles. The van der Waals surface area contributed by atoms with Crippen LogP contribution in [0.3, 0.4) is 0 Å². The summed E-state index contributed by atoms with van der Waals surface area (Å²) in [6.45, 7) is 11.1. The van der Waals surface area contributed by atoms with Crippen LogP contribution in [0.2, 0.25) is 0 Å². The Hall–Kier alpha value is -1.58. The van der Waals surface area contributed by atoms with E-state index >= 15 is 0 Å². The molecule has 2 aromatic rings. The first-order chi connectivity index (χ1) is 9.82. The van der Waals surface area contributed by atoms with Crippen LogP contribution in [0, 0.1) is 13.8 Å². The van der Waals surface area contributed by atoms with Gasteiger partial charge in [-0.2, -0.15) is 0 Å². The molecule has 0 saturated heterocycles. The van der Waals surface area contributed by atoms with Crippen LogP contribution in [0.25, 0.3) is 0 Å². The van der Waals surface area contributed by atoms with Crippen molar-refractivity contribution in [2.75, 3.05) is 0 Å². The molecule has 0 aliphatic rings. The van der Waals surface area contributed by atoms with Gasteiger partial charge in [0.25, 0.3) is 0 Å². The Morgan fingerprint density at radius 3 is 2.24 bits per heavy atom. The number of aryl methyl sites for hydroxylation is 2. The van der Waals surface area contributed by atoms with E-state index < -0.39 is 0 Å². The van der Waals surface area contributed by atoms with E-state index in [0.29, 0.717) is 0 Å². The van der Waals surface area contributed by atoms with E-state index in [-0.39, 0.29) is 11.5 Å². The Balaban J connectivity index is 2.32. The average Bonchev–Trinajstić information content (AvgIpc) is 2.90. The monoisotopic (exact) mass is 286 g/mol. The van der Waals surface area contributed by atoms with E-state index in [9.17, 15) is 0 Å². The molecule has 0 saturated carbocycles. The highest BCUT2D eigenvalue weighted by molar-refractivity contribution is 5.41. The lowest BCUT2D eigenvalue weighted by atomic mass is 9.83. The van der Waals surface area contributed by atoms with Crippen LogP contribution in [0.5, 0.6) is 0 Å². The quantitative estimate of drug-likeness (QED) is 0.661. The highest BCUT2D eigenvalue weighted by atomic mass is 16.3. The third-order valence-electron chi connectivity index (χ3n) is 4.06. The molecular formula is C18H26N2O. The molecule has 1 atom stereocenters. The van der Waals surface area contributed by atoms with Gasteiger partial charge in [-0.05, 0) is 60.1 Å². The van der Waals surface area contributed by atoms with Crippen molar-refractivity contribution in [1.29, 1.82) is 0 Å². The molecule has 0 aliphatic heterocycles. The van der Waals surface area contributed by atoms with Crippen molar-refractivity contribution in [1.82, 2.24) is 5.43 Å². The zero-order chi connectivity index (χ0) is 15.6. The second-order valence-corrected chi connectivity index (χ2v) is 6.78. The summed E-state index contributed by atoms with van der Waals surface area (Å²) in [5.74, 6) is 6.57. The molecule has 3 nitrogen and oxygen atoms in total. The Morgan fingerprint density at radius 1 is 1.19 bits per heavy atom.